The van der Waals surface area contributed by atoms with Gasteiger partial charge in [0.15, 0.2) is 0 Å². The van der Waals surface area contributed by atoms with Gasteiger partial charge in [0.1, 0.15) is 31.6 Å². The zero-order valence-corrected chi connectivity index (χ0v) is 13.0. The lowest BCUT2D eigenvalue weighted by Gasteiger charge is -2.07. The highest BCUT2D eigenvalue weighted by atomic mass is 35.5. The Bertz CT molecular complexity index is 683. The van der Waals surface area contributed by atoms with E-state index in [1.54, 1.807) is 0 Å². The summed E-state index contributed by atoms with van der Waals surface area (Å²) < 4.78 is 4.13. The topological polar surface area (TPSA) is 29.0 Å². The molecule has 1 atom stereocenters. The first-order chi connectivity index (χ1) is 10.3. The predicted octanol–water partition coefficient (Wildman–Crippen LogP) is -0.438. The molecule has 22 heavy (non-hydrogen) atoms. The third-order valence-electron chi connectivity index (χ3n) is 3.52. The molecule has 0 spiro atoms. The van der Waals surface area contributed by atoms with Crippen LogP contribution in [0.2, 0.25) is 0 Å². The van der Waals surface area contributed by atoms with Gasteiger partial charge in [-0.2, -0.15) is 0 Å². The molecule has 3 nitrogen and oxygen atoms in total. The van der Waals surface area contributed by atoms with Crippen molar-refractivity contribution in [2.24, 2.45) is 0 Å². The maximum Gasteiger partial charge on any atom is 0.244 e. The second-order valence-electron chi connectivity index (χ2n) is 5.19. The molecule has 0 aliphatic heterocycles. The number of hydrogen-bond acceptors (Lipinski definition) is 1. The number of aliphatic hydroxyl groups is 1. The fraction of sp³-hybridized carbons (Fsp3) is 0.167. The molecule has 0 fully saturated rings. The van der Waals surface area contributed by atoms with Crippen LogP contribution in [0, 0.1) is 0 Å². The van der Waals surface area contributed by atoms with Crippen molar-refractivity contribution in [3.63, 3.8) is 0 Å². The fourth-order valence-electron chi connectivity index (χ4n) is 2.41. The van der Waals surface area contributed by atoms with Crippen molar-refractivity contribution in [1.82, 2.24) is 4.57 Å². The van der Waals surface area contributed by atoms with Crippen LogP contribution in [0.5, 0.6) is 0 Å². The molecule has 4 heteroatoms. The summed E-state index contributed by atoms with van der Waals surface area (Å²) in [5.74, 6) is 0. The molecule has 1 aromatic heterocycles. The summed E-state index contributed by atoms with van der Waals surface area (Å²) in [6, 6.07) is 20.1. The molecule has 2 aromatic carbocycles. The molecule has 0 aliphatic carbocycles. The van der Waals surface area contributed by atoms with Gasteiger partial charge in [-0.3, -0.25) is 0 Å². The number of benzene rings is 2. The molecule has 3 rings (SSSR count). The molecule has 0 saturated carbocycles. The highest BCUT2D eigenvalue weighted by molar-refractivity contribution is 5.17. The van der Waals surface area contributed by atoms with Crippen molar-refractivity contribution in [2.45, 2.75) is 19.2 Å². The van der Waals surface area contributed by atoms with E-state index in [4.69, 9.17) is 0 Å². The van der Waals surface area contributed by atoms with Gasteiger partial charge in [-0.15, -0.1) is 0 Å². The molecular formula is C18H19ClN2O. The first kappa shape index (κ1) is 16.3. The molecular weight excluding hydrogens is 296 g/mol. The summed E-state index contributed by atoms with van der Waals surface area (Å²) in [6.07, 6.45) is 5.57. The maximum atomic E-state index is 10.2. The molecule has 0 radical (unpaired) electrons. The number of nitrogens with zero attached hydrogens (tertiary/aromatic N) is 2. The monoisotopic (exact) mass is 314 g/mol. The zero-order valence-electron chi connectivity index (χ0n) is 12.2. The second kappa shape index (κ2) is 7.78. The van der Waals surface area contributed by atoms with E-state index in [2.05, 4.69) is 16.7 Å². The van der Waals surface area contributed by atoms with Crippen molar-refractivity contribution in [2.75, 3.05) is 0 Å². The summed E-state index contributed by atoms with van der Waals surface area (Å²) >= 11 is 0. The normalized spacial score (nSPS) is 11.7. The van der Waals surface area contributed by atoms with Crippen molar-refractivity contribution in [3.05, 3.63) is 90.5 Å². The third-order valence-corrected chi connectivity index (χ3v) is 3.52. The summed E-state index contributed by atoms with van der Waals surface area (Å²) in [5, 5.41) is 10.2. The predicted molar refractivity (Wildman–Crippen MR) is 81.6 cm³/mol. The van der Waals surface area contributed by atoms with Crippen LogP contribution in [0.25, 0.3) is 0 Å². The average Bonchev–Trinajstić information content (AvgIpc) is 2.96. The number of aliphatic hydroxyl groups excluding tert-OH is 1. The van der Waals surface area contributed by atoms with E-state index >= 15 is 0 Å². The average molecular weight is 315 g/mol. The first-order valence-electron chi connectivity index (χ1n) is 7.13. The molecule has 114 valence electrons. The van der Waals surface area contributed by atoms with Gasteiger partial charge in [-0.25, -0.2) is 9.13 Å². The van der Waals surface area contributed by atoms with E-state index in [0.29, 0.717) is 6.54 Å². The van der Waals surface area contributed by atoms with Gasteiger partial charge in [0.25, 0.3) is 0 Å². The van der Waals surface area contributed by atoms with Crippen LogP contribution in [-0.2, 0) is 13.1 Å². The van der Waals surface area contributed by atoms with Crippen LogP contribution in [0.1, 0.15) is 17.2 Å². The molecule has 0 amide bonds. The van der Waals surface area contributed by atoms with Crippen LogP contribution in [0.15, 0.2) is 79.4 Å². The van der Waals surface area contributed by atoms with Crippen molar-refractivity contribution in [1.29, 1.82) is 0 Å². The fourth-order valence-corrected chi connectivity index (χ4v) is 2.41. The maximum absolute atomic E-state index is 10.2. The molecule has 1 heterocycles. The Balaban J connectivity index is 0.00000176. The minimum atomic E-state index is -0.483. The lowest BCUT2D eigenvalue weighted by Crippen LogP contribution is -3.00. The van der Waals surface area contributed by atoms with Crippen LogP contribution in [0.3, 0.4) is 0 Å². The van der Waals surface area contributed by atoms with E-state index in [-0.39, 0.29) is 12.4 Å². The lowest BCUT2D eigenvalue weighted by atomic mass is 10.1. The number of imidazole rings is 1. The van der Waals surface area contributed by atoms with Gasteiger partial charge in [-0.05, 0) is 11.1 Å². The minimum Gasteiger partial charge on any atom is -1.00 e. The summed E-state index contributed by atoms with van der Waals surface area (Å²) in [4.78, 5) is 0. The summed E-state index contributed by atoms with van der Waals surface area (Å²) in [7, 11) is 0. The van der Waals surface area contributed by atoms with E-state index in [0.717, 1.165) is 12.1 Å². The standard InChI is InChI=1S/C18H19N2O.ClH/c21-18(17-9-5-2-6-10-17)14-20-12-11-19(15-20)13-16-7-3-1-4-8-16;/h1-12,15,18,21H,13-14H2;1H/q+1;/p-1. The number of hydrogen-bond donors (Lipinski definition) is 1. The van der Waals surface area contributed by atoms with Crippen LogP contribution in [0.4, 0.5) is 0 Å². The highest BCUT2D eigenvalue weighted by Gasteiger charge is 2.12. The molecule has 0 aliphatic rings. The Morgan fingerprint density at radius 2 is 1.59 bits per heavy atom. The molecule has 1 unspecified atom stereocenters. The minimum absolute atomic E-state index is 0. The van der Waals surface area contributed by atoms with Crippen molar-refractivity contribution >= 4 is 0 Å². The molecule has 0 saturated heterocycles. The van der Waals surface area contributed by atoms with E-state index in [1.165, 1.54) is 5.56 Å². The lowest BCUT2D eigenvalue weighted by molar-refractivity contribution is -0.687. The first-order valence-corrected chi connectivity index (χ1v) is 7.13. The van der Waals surface area contributed by atoms with Crippen molar-refractivity contribution < 1.29 is 22.1 Å². The van der Waals surface area contributed by atoms with E-state index in [1.807, 2.05) is 71.8 Å². The van der Waals surface area contributed by atoms with Crippen LogP contribution < -0.4 is 17.0 Å². The number of rotatable bonds is 5. The quantitative estimate of drug-likeness (QED) is 0.636. The largest absolute Gasteiger partial charge is 1.00 e. The number of halogens is 1. The SMILES string of the molecule is OC(Cn1cc[n+](Cc2ccccc2)c1)c1ccccc1.[Cl-]. The Kier molecular flexibility index (Phi) is 5.75. The summed E-state index contributed by atoms with van der Waals surface area (Å²) in [5.41, 5.74) is 2.21. The van der Waals surface area contributed by atoms with Crippen LogP contribution >= 0.6 is 0 Å². The van der Waals surface area contributed by atoms with Crippen LogP contribution in [-0.4, -0.2) is 9.67 Å². The molecule has 0 bridgehead atoms. The van der Waals surface area contributed by atoms with Gasteiger partial charge in [-0.1, -0.05) is 60.7 Å². The Morgan fingerprint density at radius 3 is 2.27 bits per heavy atom. The van der Waals surface area contributed by atoms with Gasteiger partial charge < -0.3 is 17.5 Å². The number of aromatic nitrogens is 2. The third kappa shape index (κ3) is 4.20. The van der Waals surface area contributed by atoms with Gasteiger partial charge >= 0.3 is 0 Å². The highest BCUT2D eigenvalue weighted by Crippen LogP contribution is 2.13. The van der Waals surface area contributed by atoms with E-state index < -0.39 is 6.10 Å². The van der Waals surface area contributed by atoms with Gasteiger partial charge in [0, 0.05) is 0 Å². The molecule has 3 aromatic rings. The van der Waals surface area contributed by atoms with Gasteiger partial charge in [0.2, 0.25) is 6.33 Å². The molecule has 1 N–H and O–H groups in total. The second-order valence-corrected chi connectivity index (χ2v) is 5.19. The zero-order chi connectivity index (χ0) is 14.5. The Morgan fingerprint density at radius 1 is 0.955 bits per heavy atom. The van der Waals surface area contributed by atoms with E-state index in [9.17, 15) is 5.11 Å². The Labute approximate surface area is 136 Å². The summed E-state index contributed by atoms with van der Waals surface area (Å²) in [6.45, 7) is 1.40. The van der Waals surface area contributed by atoms with Crippen molar-refractivity contribution in [3.8, 4) is 0 Å². The Hall–Kier alpha value is -2.10. The van der Waals surface area contributed by atoms with Gasteiger partial charge in [0.05, 0.1) is 0 Å². The smallest absolute Gasteiger partial charge is 0.244 e.